The fourth-order valence-electron chi connectivity index (χ4n) is 2.82. The number of pyridine rings is 1. The van der Waals surface area contributed by atoms with Crippen LogP contribution in [0.5, 0.6) is 0 Å². The lowest BCUT2D eigenvalue weighted by atomic mass is 10.1. The minimum absolute atomic E-state index is 0.0794. The average Bonchev–Trinajstić information content (AvgIpc) is 2.87. The monoisotopic (exact) mass is 331 g/mol. The number of amides is 1. The fourth-order valence-corrected chi connectivity index (χ4v) is 3.70. The third kappa shape index (κ3) is 3.75. The molecule has 1 unspecified atom stereocenters. The van der Waals surface area contributed by atoms with E-state index in [0.29, 0.717) is 6.54 Å². The van der Waals surface area contributed by atoms with Crippen LogP contribution in [-0.4, -0.2) is 31.6 Å². The molecule has 0 aliphatic carbocycles. The Bertz CT molecular complexity index is 804. The minimum atomic E-state index is -3.57. The summed E-state index contributed by atoms with van der Waals surface area (Å²) in [6, 6.07) is 13.2. The van der Waals surface area contributed by atoms with Crippen molar-refractivity contribution in [3.63, 3.8) is 0 Å². The van der Waals surface area contributed by atoms with Gasteiger partial charge in [-0.25, -0.2) is 13.6 Å². The number of hydrogen-bond acceptors (Lipinski definition) is 4. The zero-order valence-corrected chi connectivity index (χ0v) is 13.2. The summed E-state index contributed by atoms with van der Waals surface area (Å²) < 4.78 is 22.4. The summed E-state index contributed by atoms with van der Waals surface area (Å²) in [5.41, 5.74) is 2.58. The van der Waals surface area contributed by atoms with Gasteiger partial charge in [0.25, 0.3) is 0 Å². The van der Waals surface area contributed by atoms with E-state index in [1.165, 1.54) is 0 Å². The van der Waals surface area contributed by atoms with E-state index in [4.69, 9.17) is 5.14 Å². The molecule has 23 heavy (non-hydrogen) atoms. The number of carbonyl (C=O) groups excluding carboxylic acids is 1. The first-order valence-corrected chi connectivity index (χ1v) is 8.96. The van der Waals surface area contributed by atoms with Gasteiger partial charge in [-0.1, -0.05) is 18.2 Å². The van der Waals surface area contributed by atoms with Gasteiger partial charge in [0.05, 0.1) is 11.4 Å². The van der Waals surface area contributed by atoms with Gasteiger partial charge in [-0.15, -0.1) is 0 Å². The van der Waals surface area contributed by atoms with Crippen LogP contribution in [0.2, 0.25) is 0 Å². The van der Waals surface area contributed by atoms with Crippen LogP contribution in [0, 0.1) is 5.92 Å². The van der Waals surface area contributed by atoms with Crippen molar-refractivity contribution in [2.24, 2.45) is 11.1 Å². The van der Waals surface area contributed by atoms with Crippen LogP contribution in [0.4, 0.5) is 5.69 Å². The molecule has 0 bridgehead atoms. The number of primary sulfonamides is 1. The molecule has 1 aromatic heterocycles. The molecule has 1 fully saturated rings. The molecule has 0 radical (unpaired) electrons. The van der Waals surface area contributed by atoms with Gasteiger partial charge in [0.15, 0.2) is 0 Å². The summed E-state index contributed by atoms with van der Waals surface area (Å²) >= 11 is 0. The highest BCUT2D eigenvalue weighted by atomic mass is 32.2. The molecule has 1 aliphatic rings. The lowest BCUT2D eigenvalue weighted by Gasteiger charge is -2.17. The van der Waals surface area contributed by atoms with E-state index < -0.39 is 10.0 Å². The number of anilines is 1. The molecule has 1 aromatic carbocycles. The zero-order valence-electron chi connectivity index (χ0n) is 12.4. The average molecular weight is 331 g/mol. The van der Waals surface area contributed by atoms with Gasteiger partial charge in [-0.05, 0) is 24.3 Å². The Morgan fingerprint density at radius 1 is 1.17 bits per heavy atom. The van der Waals surface area contributed by atoms with E-state index in [9.17, 15) is 13.2 Å². The van der Waals surface area contributed by atoms with Crippen LogP contribution in [0.1, 0.15) is 6.42 Å². The second-order valence-corrected chi connectivity index (χ2v) is 7.32. The normalized spacial score (nSPS) is 18.4. The highest BCUT2D eigenvalue weighted by Gasteiger charge is 2.32. The Balaban J connectivity index is 1.76. The van der Waals surface area contributed by atoms with Crippen molar-refractivity contribution in [3.8, 4) is 11.3 Å². The summed E-state index contributed by atoms with van der Waals surface area (Å²) in [5.74, 6) is -0.501. The van der Waals surface area contributed by atoms with E-state index in [-0.39, 0.29) is 24.0 Å². The van der Waals surface area contributed by atoms with Gasteiger partial charge < -0.3 is 4.90 Å². The maximum absolute atomic E-state index is 12.1. The standard InChI is InChI=1S/C16H17N3O3S/c17-23(21,22)11-12-9-16(20)19(10-12)14-6-4-13(5-7-14)15-3-1-2-8-18-15/h1-8,12H,9-11H2,(H2,17,21,22). The summed E-state index contributed by atoms with van der Waals surface area (Å²) in [4.78, 5) is 18.0. The van der Waals surface area contributed by atoms with Gasteiger partial charge >= 0.3 is 0 Å². The number of nitrogens with zero attached hydrogens (tertiary/aromatic N) is 2. The number of carbonyl (C=O) groups is 1. The van der Waals surface area contributed by atoms with Gasteiger partial charge in [-0.3, -0.25) is 9.78 Å². The largest absolute Gasteiger partial charge is 0.312 e. The quantitative estimate of drug-likeness (QED) is 0.916. The minimum Gasteiger partial charge on any atom is -0.312 e. The van der Waals surface area contributed by atoms with Crippen LogP contribution in [0.15, 0.2) is 48.7 Å². The van der Waals surface area contributed by atoms with Gasteiger partial charge in [0.2, 0.25) is 15.9 Å². The predicted molar refractivity (Wildman–Crippen MR) is 88.1 cm³/mol. The Labute approximate surface area is 135 Å². The second-order valence-electron chi connectivity index (χ2n) is 5.67. The summed E-state index contributed by atoms with van der Waals surface area (Å²) in [6.45, 7) is 0.373. The van der Waals surface area contributed by atoms with Crippen LogP contribution in [0.3, 0.4) is 0 Å². The van der Waals surface area contributed by atoms with E-state index in [0.717, 1.165) is 16.9 Å². The topological polar surface area (TPSA) is 93.4 Å². The molecule has 1 aliphatic heterocycles. The van der Waals surface area contributed by atoms with Gasteiger partial charge in [-0.2, -0.15) is 0 Å². The third-order valence-corrected chi connectivity index (χ3v) is 4.75. The molecular weight excluding hydrogens is 314 g/mol. The molecule has 2 heterocycles. The highest BCUT2D eigenvalue weighted by molar-refractivity contribution is 7.89. The number of aromatic nitrogens is 1. The highest BCUT2D eigenvalue weighted by Crippen LogP contribution is 2.27. The number of nitrogens with two attached hydrogens (primary N) is 1. The predicted octanol–water partition coefficient (Wildman–Crippen LogP) is 1.39. The Morgan fingerprint density at radius 3 is 2.52 bits per heavy atom. The van der Waals surface area contributed by atoms with Crippen LogP contribution in [0.25, 0.3) is 11.3 Å². The smallest absolute Gasteiger partial charge is 0.227 e. The fraction of sp³-hybridized carbons (Fsp3) is 0.250. The Kier molecular flexibility index (Phi) is 4.14. The number of hydrogen-bond donors (Lipinski definition) is 1. The first-order chi connectivity index (χ1) is 10.9. The van der Waals surface area contributed by atoms with Crippen molar-refractivity contribution >= 4 is 21.6 Å². The maximum Gasteiger partial charge on any atom is 0.227 e. The number of benzene rings is 1. The van der Waals surface area contributed by atoms with Crippen LogP contribution >= 0.6 is 0 Å². The molecule has 1 saturated heterocycles. The number of rotatable bonds is 4. The first kappa shape index (κ1) is 15.6. The van der Waals surface area contributed by atoms with Crippen LogP contribution < -0.4 is 10.0 Å². The van der Waals surface area contributed by atoms with Crippen molar-refractivity contribution < 1.29 is 13.2 Å². The molecule has 2 aromatic rings. The Hall–Kier alpha value is -2.25. The second kappa shape index (κ2) is 6.10. The van der Waals surface area contributed by atoms with Crippen LogP contribution in [-0.2, 0) is 14.8 Å². The molecular formula is C16H17N3O3S. The Morgan fingerprint density at radius 2 is 1.91 bits per heavy atom. The molecule has 3 rings (SSSR count). The van der Waals surface area contributed by atoms with E-state index in [1.807, 2.05) is 42.5 Å². The van der Waals surface area contributed by atoms with E-state index in [1.54, 1.807) is 11.1 Å². The zero-order chi connectivity index (χ0) is 16.4. The summed E-state index contributed by atoms with van der Waals surface area (Å²) in [6.07, 6.45) is 1.93. The molecule has 2 N–H and O–H groups in total. The lowest BCUT2D eigenvalue weighted by molar-refractivity contribution is -0.117. The third-order valence-electron chi connectivity index (χ3n) is 3.81. The SMILES string of the molecule is NS(=O)(=O)CC1CC(=O)N(c2ccc(-c3ccccn3)cc2)C1. The molecule has 0 spiro atoms. The van der Waals surface area contributed by atoms with Crippen molar-refractivity contribution in [3.05, 3.63) is 48.7 Å². The molecule has 0 saturated carbocycles. The summed E-state index contributed by atoms with van der Waals surface area (Å²) in [7, 11) is -3.57. The van der Waals surface area contributed by atoms with Crippen molar-refractivity contribution in [1.29, 1.82) is 0 Å². The van der Waals surface area contributed by atoms with Crippen molar-refractivity contribution in [2.75, 3.05) is 17.2 Å². The summed E-state index contributed by atoms with van der Waals surface area (Å²) in [5, 5.41) is 5.06. The van der Waals surface area contributed by atoms with Gasteiger partial charge in [0, 0.05) is 36.3 Å². The molecule has 120 valence electrons. The molecule has 7 heteroatoms. The van der Waals surface area contributed by atoms with E-state index in [2.05, 4.69) is 4.98 Å². The van der Waals surface area contributed by atoms with Gasteiger partial charge in [0.1, 0.15) is 0 Å². The first-order valence-electron chi connectivity index (χ1n) is 7.25. The number of sulfonamides is 1. The maximum atomic E-state index is 12.1. The van der Waals surface area contributed by atoms with E-state index >= 15 is 0 Å². The van der Waals surface area contributed by atoms with Crippen molar-refractivity contribution in [2.45, 2.75) is 6.42 Å². The van der Waals surface area contributed by atoms with Crippen molar-refractivity contribution in [1.82, 2.24) is 4.98 Å². The molecule has 1 amide bonds. The lowest BCUT2D eigenvalue weighted by Crippen LogP contribution is -2.27. The molecule has 6 nitrogen and oxygen atoms in total. The molecule has 1 atom stereocenters.